The highest BCUT2D eigenvalue weighted by Gasteiger charge is 2.35. The monoisotopic (exact) mass is 252 g/mol. The van der Waals surface area contributed by atoms with Gasteiger partial charge in [-0.05, 0) is 31.7 Å². The van der Waals surface area contributed by atoms with E-state index in [1.54, 1.807) is 0 Å². The molecule has 0 spiro atoms. The molecule has 1 saturated carbocycles. The highest BCUT2D eigenvalue weighted by atomic mass is 16.4. The van der Waals surface area contributed by atoms with Crippen molar-refractivity contribution in [2.75, 3.05) is 11.9 Å². The SMILES string of the molecule is CCNC(C)c1nnc(NC2CCCC2(C)C)o1. The van der Waals surface area contributed by atoms with E-state index in [4.69, 9.17) is 4.42 Å². The van der Waals surface area contributed by atoms with Crippen LogP contribution in [0, 0.1) is 5.41 Å². The molecule has 5 nitrogen and oxygen atoms in total. The second-order valence-corrected chi connectivity index (χ2v) is 5.80. The maximum Gasteiger partial charge on any atom is 0.315 e. The van der Waals surface area contributed by atoms with Crippen molar-refractivity contribution in [3.63, 3.8) is 0 Å². The van der Waals surface area contributed by atoms with Crippen LogP contribution in [0.15, 0.2) is 4.42 Å². The van der Waals surface area contributed by atoms with Crippen molar-refractivity contribution >= 4 is 6.01 Å². The number of hydrogen-bond acceptors (Lipinski definition) is 5. The molecule has 0 radical (unpaired) electrons. The Morgan fingerprint density at radius 3 is 2.83 bits per heavy atom. The second-order valence-electron chi connectivity index (χ2n) is 5.80. The maximum atomic E-state index is 5.66. The first-order valence-corrected chi connectivity index (χ1v) is 6.86. The fourth-order valence-electron chi connectivity index (χ4n) is 2.60. The van der Waals surface area contributed by atoms with Crippen molar-refractivity contribution in [2.24, 2.45) is 5.41 Å². The van der Waals surface area contributed by atoms with E-state index >= 15 is 0 Å². The Labute approximate surface area is 109 Å². The zero-order valence-electron chi connectivity index (χ0n) is 11.8. The van der Waals surface area contributed by atoms with Gasteiger partial charge in [0, 0.05) is 6.04 Å². The van der Waals surface area contributed by atoms with E-state index in [0.717, 1.165) is 6.54 Å². The fourth-order valence-corrected chi connectivity index (χ4v) is 2.60. The summed E-state index contributed by atoms with van der Waals surface area (Å²) in [7, 11) is 0. The Hall–Kier alpha value is -1.10. The molecule has 1 aromatic heterocycles. The van der Waals surface area contributed by atoms with E-state index in [0.29, 0.717) is 23.4 Å². The number of nitrogens with zero attached hydrogens (tertiary/aromatic N) is 2. The van der Waals surface area contributed by atoms with Crippen molar-refractivity contribution in [3.8, 4) is 0 Å². The van der Waals surface area contributed by atoms with Gasteiger partial charge in [-0.3, -0.25) is 0 Å². The highest BCUT2D eigenvalue weighted by Crippen LogP contribution is 2.38. The van der Waals surface area contributed by atoms with Gasteiger partial charge in [-0.25, -0.2) is 0 Å². The number of nitrogens with one attached hydrogen (secondary N) is 2. The first kappa shape index (κ1) is 13.3. The first-order chi connectivity index (χ1) is 8.53. The van der Waals surface area contributed by atoms with E-state index in [1.807, 2.05) is 6.92 Å². The van der Waals surface area contributed by atoms with Crippen molar-refractivity contribution < 1.29 is 4.42 Å². The Balaban J connectivity index is 1.98. The molecular formula is C13H24N4O. The summed E-state index contributed by atoms with van der Waals surface area (Å²) >= 11 is 0. The van der Waals surface area contributed by atoms with E-state index < -0.39 is 0 Å². The van der Waals surface area contributed by atoms with Gasteiger partial charge in [0.1, 0.15) is 0 Å². The second kappa shape index (κ2) is 5.26. The van der Waals surface area contributed by atoms with Crippen LogP contribution in [0.2, 0.25) is 0 Å². The minimum atomic E-state index is 0.106. The predicted octanol–water partition coefficient (Wildman–Crippen LogP) is 2.73. The number of rotatable bonds is 5. The van der Waals surface area contributed by atoms with Crippen molar-refractivity contribution in [1.82, 2.24) is 15.5 Å². The van der Waals surface area contributed by atoms with Gasteiger partial charge in [-0.2, -0.15) is 0 Å². The Morgan fingerprint density at radius 1 is 1.44 bits per heavy atom. The van der Waals surface area contributed by atoms with Gasteiger partial charge in [0.25, 0.3) is 0 Å². The average Bonchev–Trinajstić information content (AvgIpc) is 2.88. The molecule has 1 aliphatic carbocycles. The third-order valence-corrected chi connectivity index (χ3v) is 3.88. The first-order valence-electron chi connectivity index (χ1n) is 6.86. The largest absolute Gasteiger partial charge is 0.406 e. The molecule has 102 valence electrons. The van der Waals surface area contributed by atoms with Gasteiger partial charge in [0.05, 0.1) is 6.04 Å². The van der Waals surface area contributed by atoms with Crippen LogP contribution in [-0.4, -0.2) is 22.8 Å². The van der Waals surface area contributed by atoms with Crippen LogP contribution < -0.4 is 10.6 Å². The van der Waals surface area contributed by atoms with E-state index in [1.165, 1.54) is 19.3 Å². The smallest absolute Gasteiger partial charge is 0.315 e. The minimum absolute atomic E-state index is 0.106. The van der Waals surface area contributed by atoms with Crippen LogP contribution in [0.25, 0.3) is 0 Å². The zero-order valence-corrected chi connectivity index (χ0v) is 11.8. The van der Waals surface area contributed by atoms with Gasteiger partial charge in [-0.1, -0.05) is 32.3 Å². The number of aromatic nitrogens is 2. The van der Waals surface area contributed by atoms with Crippen molar-refractivity contribution in [2.45, 2.75) is 59.0 Å². The molecule has 1 aromatic rings. The number of hydrogen-bond donors (Lipinski definition) is 2. The zero-order chi connectivity index (χ0) is 13.2. The van der Waals surface area contributed by atoms with E-state index in [9.17, 15) is 0 Å². The van der Waals surface area contributed by atoms with E-state index in [-0.39, 0.29) is 6.04 Å². The Bertz CT molecular complexity index is 388. The van der Waals surface area contributed by atoms with Crippen LogP contribution in [0.1, 0.15) is 58.9 Å². The summed E-state index contributed by atoms with van der Waals surface area (Å²) in [6.45, 7) is 9.56. The third-order valence-electron chi connectivity index (χ3n) is 3.88. The predicted molar refractivity (Wildman–Crippen MR) is 71.4 cm³/mol. The molecule has 0 aromatic carbocycles. The molecule has 2 N–H and O–H groups in total. The number of anilines is 1. The summed E-state index contributed by atoms with van der Waals surface area (Å²) in [5.74, 6) is 0.648. The molecule has 0 bridgehead atoms. The Kier molecular flexibility index (Phi) is 3.90. The highest BCUT2D eigenvalue weighted by molar-refractivity contribution is 5.22. The molecule has 18 heavy (non-hydrogen) atoms. The van der Waals surface area contributed by atoms with Crippen LogP contribution in [0.5, 0.6) is 0 Å². The summed E-state index contributed by atoms with van der Waals surface area (Å²) in [6, 6.07) is 1.09. The minimum Gasteiger partial charge on any atom is -0.406 e. The molecule has 1 heterocycles. The molecule has 2 atom stereocenters. The third kappa shape index (κ3) is 2.83. The van der Waals surface area contributed by atoms with E-state index in [2.05, 4.69) is 41.6 Å². The standard InChI is InChI=1S/C13H24N4O/c1-5-14-9(2)11-16-17-12(18-11)15-10-7-6-8-13(10,3)4/h9-10,14H,5-8H2,1-4H3,(H,15,17). The van der Waals surface area contributed by atoms with Crippen LogP contribution in [-0.2, 0) is 0 Å². The lowest BCUT2D eigenvalue weighted by atomic mass is 9.87. The van der Waals surface area contributed by atoms with Gasteiger partial charge in [0.2, 0.25) is 5.89 Å². The summed E-state index contributed by atoms with van der Waals surface area (Å²) in [5, 5.41) is 14.8. The van der Waals surface area contributed by atoms with Crippen molar-refractivity contribution in [3.05, 3.63) is 5.89 Å². The summed E-state index contributed by atoms with van der Waals surface area (Å²) < 4.78 is 5.66. The van der Waals surface area contributed by atoms with Gasteiger partial charge < -0.3 is 15.1 Å². The van der Waals surface area contributed by atoms with Gasteiger partial charge >= 0.3 is 6.01 Å². The Morgan fingerprint density at radius 2 is 2.22 bits per heavy atom. The maximum absolute atomic E-state index is 5.66. The molecule has 0 amide bonds. The molecule has 0 saturated heterocycles. The molecular weight excluding hydrogens is 228 g/mol. The van der Waals surface area contributed by atoms with Crippen LogP contribution in [0.4, 0.5) is 6.01 Å². The fraction of sp³-hybridized carbons (Fsp3) is 0.846. The van der Waals surface area contributed by atoms with Crippen LogP contribution in [0.3, 0.4) is 0 Å². The molecule has 1 aliphatic rings. The molecule has 5 heteroatoms. The molecule has 2 rings (SSSR count). The lowest BCUT2D eigenvalue weighted by Crippen LogP contribution is -2.30. The topological polar surface area (TPSA) is 63.0 Å². The molecule has 0 aliphatic heterocycles. The van der Waals surface area contributed by atoms with Crippen molar-refractivity contribution in [1.29, 1.82) is 0 Å². The van der Waals surface area contributed by atoms with Crippen LogP contribution >= 0.6 is 0 Å². The lowest BCUT2D eigenvalue weighted by Gasteiger charge is -2.26. The molecule has 1 fully saturated rings. The average molecular weight is 252 g/mol. The van der Waals surface area contributed by atoms with Gasteiger partial charge in [0.15, 0.2) is 0 Å². The normalized spacial score (nSPS) is 24.1. The quantitative estimate of drug-likeness (QED) is 0.843. The summed E-state index contributed by atoms with van der Waals surface area (Å²) in [6.07, 6.45) is 3.69. The molecule has 2 unspecified atom stereocenters. The summed E-state index contributed by atoms with van der Waals surface area (Å²) in [4.78, 5) is 0. The summed E-state index contributed by atoms with van der Waals surface area (Å²) in [5.41, 5.74) is 0.307. The lowest BCUT2D eigenvalue weighted by molar-refractivity contribution is 0.341. The van der Waals surface area contributed by atoms with Gasteiger partial charge in [-0.15, -0.1) is 5.10 Å².